The number of hydrogen-bond acceptors (Lipinski definition) is 4. The van der Waals surface area contributed by atoms with Gasteiger partial charge in [-0.3, -0.25) is 9.59 Å². The van der Waals surface area contributed by atoms with Crippen molar-refractivity contribution in [3.8, 4) is 0 Å². The number of carboxylic acid groups (broad SMARTS) is 1. The van der Waals surface area contributed by atoms with Gasteiger partial charge in [-0.2, -0.15) is 0 Å². The van der Waals surface area contributed by atoms with Gasteiger partial charge in [-0.05, 0) is 19.3 Å². The topological polar surface area (TPSA) is 92.7 Å². The third-order valence-electron chi connectivity index (χ3n) is 2.20. The zero-order chi connectivity index (χ0) is 14.1. The number of aliphatic carboxylic acids is 1. The van der Waals surface area contributed by atoms with Crippen molar-refractivity contribution < 1.29 is 24.2 Å². The smallest absolute Gasteiger partial charge is 0.326 e. The molecule has 0 heterocycles. The van der Waals surface area contributed by atoms with E-state index < -0.39 is 23.9 Å². The molecule has 0 aliphatic carbocycles. The zero-order valence-electron chi connectivity index (χ0n) is 11.1. The van der Waals surface area contributed by atoms with E-state index in [0.29, 0.717) is 6.42 Å². The highest BCUT2D eigenvalue weighted by atomic mass is 16.5. The van der Waals surface area contributed by atoms with Crippen LogP contribution in [0, 0.1) is 5.92 Å². The van der Waals surface area contributed by atoms with Crippen molar-refractivity contribution in [2.45, 2.75) is 46.1 Å². The molecule has 0 aromatic heterocycles. The first-order valence-corrected chi connectivity index (χ1v) is 6.04. The maximum absolute atomic E-state index is 11.5. The van der Waals surface area contributed by atoms with Gasteiger partial charge in [0.2, 0.25) is 5.91 Å². The lowest BCUT2D eigenvalue weighted by molar-refractivity contribution is -0.145. The molecule has 0 fully saturated rings. The average Bonchev–Trinajstić information content (AvgIpc) is 2.25. The molecular formula is C12H21NO5. The average molecular weight is 259 g/mol. The molecule has 18 heavy (non-hydrogen) atoms. The summed E-state index contributed by atoms with van der Waals surface area (Å²) in [6.07, 6.45) is 0.273. The van der Waals surface area contributed by atoms with E-state index >= 15 is 0 Å². The number of carboxylic acids is 1. The highest BCUT2D eigenvalue weighted by Crippen LogP contribution is 2.05. The standard InChI is InChI=1S/C12H21NO5/c1-4-18-11(15)6-5-10(14)13-9(12(16)17)7-8(2)3/h8-9H,4-7H2,1-3H3,(H,13,14)(H,16,17)/t9-/m1/s1. The van der Waals surface area contributed by atoms with Crippen LogP contribution in [0.3, 0.4) is 0 Å². The first-order valence-electron chi connectivity index (χ1n) is 6.04. The molecule has 0 radical (unpaired) electrons. The van der Waals surface area contributed by atoms with Crippen LogP contribution in [0.5, 0.6) is 0 Å². The number of rotatable bonds is 8. The fourth-order valence-corrected chi connectivity index (χ4v) is 1.41. The van der Waals surface area contributed by atoms with E-state index in [0.717, 1.165) is 0 Å². The second kappa shape index (κ2) is 8.49. The third kappa shape index (κ3) is 7.65. The Morgan fingerprint density at radius 1 is 1.22 bits per heavy atom. The first-order chi connectivity index (χ1) is 8.36. The predicted molar refractivity (Wildman–Crippen MR) is 64.9 cm³/mol. The number of amides is 1. The van der Waals surface area contributed by atoms with E-state index in [1.165, 1.54) is 0 Å². The van der Waals surface area contributed by atoms with Crippen LogP contribution in [0.25, 0.3) is 0 Å². The summed E-state index contributed by atoms with van der Waals surface area (Å²) < 4.78 is 4.67. The normalized spacial score (nSPS) is 12.0. The lowest BCUT2D eigenvalue weighted by atomic mass is 10.0. The van der Waals surface area contributed by atoms with Crippen LogP contribution < -0.4 is 5.32 Å². The summed E-state index contributed by atoms with van der Waals surface area (Å²) in [5, 5.41) is 11.3. The molecule has 0 bridgehead atoms. The number of nitrogens with one attached hydrogen (secondary N) is 1. The monoisotopic (exact) mass is 259 g/mol. The Morgan fingerprint density at radius 2 is 1.83 bits per heavy atom. The van der Waals surface area contributed by atoms with Crippen molar-refractivity contribution in [3.63, 3.8) is 0 Å². The van der Waals surface area contributed by atoms with Crippen molar-refractivity contribution in [2.75, 3.05) is 6.61 Å². The fourth-order valence-electron chi connectivity index (χ4n) is 1.41. The lowest BCUT2D eigenvalue weighted by Crippen LogP contribution is -2.41. The van der Waals surface area contributed by atoms with Gasteiger partial charge in [0.15, 0.2) is 0 Å². The van der Waals surface area contributed by atoms with E-state index in [-0.39, 0.29) is 25.4 Å². The van der Waals surface area contributed by atoms with E-state index in [1.807, 2.05) is 13.8 Å². The summed E-state index contributed by atoms with van der Waals surface area (Å²) in [7, 11) is 0. The quantitative estimate of drug-likeness (QED) is 0.633. The lowest BCUT2D eigenvalue weighted by Gasteiger charge is -2.16. The molecule has 0 spiro atoms. The van der Waals surface area contributed by atoms with Crippen molar-refractivity contribution in [2.24, 2.45) is 5.92 Å². The van der Waals surface area contributed by atoms with E-state index in [9.17, 15) is 14.4 Å². The van der Waals surface area contributed by atoms with Gasteiger partial charge >= 0.3 is 11.9 Å². The van der Waals surface area contributed by atoms with Gasteiger partial charge in [0.1, 0.15) is 6.04 Å². The summed E-state index contributed by atoms with van der Waals surface area (Å²) in [5.74, 6) is -1.80. The molecular weight excluding hydrogens is 238 g/mol. The van der Waals surface area contributed by atoms with Gasteiger partial charge in [0.05, 0.1) is 13.0 Å². The van der Waals surface area contributed by atoms with E-state index in [4.69, 9.17) is 5.11 Å². The summed E-state index contributed by atoms with van der Waals surface area (Å²) >= 11 is 0. The van der Waals surface area contributed by atoms with Gasteiger partial charge in [-0.25, -0.2) is 4.79 Å². The molecule has 0 aromatic carbocycles. The molecule has 0 unspecified atom stereocenters. The Hall–Kier alpha value is -1.59. The van der Waals surface area contributed by atoms with E-state index in [1.54, 1.807) is 6.92 Å². The molecule has 0 aliphatic rings. The van der Waals surface area contributed by atoms with Crippen LogP contribution in [-0.2, 0) is 19.1 Å². The number of esters is 1. The van der Waals surface area contributed by atoms with Gasteiger partial charge in [-0.1, -0.05) is 13.8 Å². The minimum atomic E-state index is -1.06. The molecule has 0 rings (SSSR count). The van der Waals surface area contributed by atoms with Crippen molar-refractivity contribution in [1.29, 1.82) is 0 Å². The second-order valence-electron chi connectivity index (χ2n) is 4.39. The SMILES string of the molecule is CCOC(=O)CCC(=O)N[C@H](CC(C)C)C(=O)O. The molecule has 6 heteroatoms. The third-order valence-corrected chi connectivity index (χ3v) is 2.20. The molecule has 0 saturated carbocycles. The summed E-state index contributed by atoms with van der Waals surface area (Å²) in [6.45, 7) is 5.70. The molecule has 1 amide bonds. The summed E-state index contributed by atoms with van der Waals surface area (Å²) in [4.78, 5) is 33.4. The number of hydrogen-bond donors (Lipinski definition) is 2. The van der Waals surface area contributed by atoms with Crippen molar-refractivity contribution in [1.82, 2.24) is 5.32 Å². The minimum absolute atomic E-state index is 0.0340. The Morgan fingerprint density at radius 3 is 2.28 bits per heavy atom. The van der Waals surface area contributed by atoms with Crippen molar-refractivity contribution >= 4 is 17.8 Å². The first kappa shape index (κ1) is 16.4. The Balaban J connectivity index is 4.10. The zero-order valence-corrected chi connectivity index (χ0v) is 11.1. The number of carbonyl (C=O) groups is 3. The van der Waals surface area contributed by atoms with Gasteiger partial charge in [0, 0.05) is 6.42 Å². The number of ether oxygens (including phenoxy) is 1. The van der Waals surface area contributed by atoms with E-state index in [2.05, 4.69) is 10.1 Å². The molecule has 0 saturated heterocycles. The largest absolute Gasteiger partial charge is 0.480 e. The van der Waals surface area contributed by atoms with Crippen LogP contribution in [0.15, 0.2) is 0 Å². The summed E-state index contributed by atoms with van der Waals surface area (Å²) in [5.41, 5.74) is 0. The Kier molecular flexibility index (Phi) is 7.74. The predicted octanol–water partition coefficient (Wildman–Crippen LogP) is 0.945. The maximum atomic E-state index is 11.5. The minimum Gasteiger partial charge on any atom is -0.480 e. The second-order valence-corrected chi connectivity index (χ2v) is 4.39. The van der Waals surface area contributed by atoms with Gasteiger partial charge < -0.3 is 15.2 Å². The molecule has 6 nitrogen and oxygen atoms in total. The number of carbonyl (C=O) groups excluding carboxylic acids is 2. The van der Waals surface area contributed by atoms with Gasteiger partial charge in [0.25, 0.3) is 0 Å². The Bertz CT molecular complexity index is 301. The molecule has 2 N–H and O–H groups in total. The molecule has 104 valence electrons. The molecule has 1 atom stereocenters. The van der Waals surface area contributed by atoms with Crippen LogP contribution in [0.1, 0.15) is 40.0 Å². The summed E-state index contributed by atoms with van der Waals surface area (Å²) in [6, 6.07) is -0.903. The van der Waals surface area contributed by atoms with Crippen molar-refractivity contribution in [3.05, 3.63) is 0 Å². The molecule has 0 aromatic rings. The molecule has 0 aliphatic heterocycles. The van der Waals surface area contributed by atoms with Crippen LogP contribution in [0.4, 0.5) is 0 Å². The highest BCUT2D eigenvalue weighted by molar-refractivity contribution is 5.85. The van der Waals surface area contributed by atoms with Gasteiger partial charge in [-0.15, -0.1) is 0 Å². The highest BCUT2D eigenvalue weighted by Gasteiger charge is 2.21. The Labute approximate surface area is 107 Å². The van der Waals surface area contributed by atoms with Crippen LogP contribution in [-0.4, -0.2) is 35.6 Å². The fraction of sp³-hybridized carbons (Fsp3) is 0.750. The van der Waals surface area contributed by atoms with Crippen LogP contribution in [0.2, 0.25) is 0 Å². The van der Waals surface area contributed by atoms with Crippen LogP contribution >= 0.6 is 0 Å². The maximum Gasteiger partial charge on any atom is 0.326 e.